The summed E-state index contributed by atoms with van der Waals surface area (Å²) in [5.41, 5.74) is 8.77. The number of nitriles is 1. The maximum atomic E-state index is 9.30. The van der Waals surface area contributed by atoms with Crippen LogP contribution in [-0.4, -0.2) is 30.0 Å². The summed E-state index contributed by atoms with van der Waals surface area (Å²) in [4.78, 5) is 4.44. The van der Waals surface area contributed by atoms with Gasteiger partial charge in [0.15, 0.2) is 0 Å². The minimum absolute atomic E-state index is 0.344. The summed E-state index contributed by atoms with van der Waals surface area (Å²) in [6, 6.07) is 15.1. The molecule has 0 aliphatic carbocycles. The molecule has 136 valence electrons. The van der Waals surface area contributed by atoms with Crippen molar-refractivity contribution in [3.63, 3.8) is 0 Å². The van der Waals surface area contributed by atoms with Crippen molar-refractivity contribution < 1.29 is 14.0 Å². The first-order valence-corrected chi connectivity index (χ1v) is 8.61. The molecule has 0 bridgehead atoms. The minimum Gasteiger partial charge on any atom is -0.492 e. The molecule has 27 heavy (non-hydrogen) atoms. The number of hydrogen-bond donors (Lipinski definition) is 1. The Labute approximate surface area is 156 Å². The Morgan fingerprint density at radius 3 is 2.56 bits per heavy atom. The van der Waals surface area contributed by atoms with Crippen LogP contribution < -0.4 is 10.5 Å². The van der Waals surface area contributed by atoms with Crippen LogP contribution in [0.15, 0.2) is 47.0 Å². The van der Waals surface area contributed by atoms with Crippen molar-refractivity contribution in [2.75, 3.05) is 19.8 Å². The molecule has 0 amide bonds. The number of hydrogen-bond acceptors (Lipinski definition) is 7. The first-order valence-electron chi connectivity index (χ1n) is 8.61. The number of nitrogens with two attached hydrogens (primary N) is 1. The summed E-state index contributed by atoms with van der Waals surface area (Å²) in [5.74, 6) is 1.35. The third kappa shape index (κ3) is 3.16. The molecule has 1 aromatic heterocycles. The fraction of sp³-hybridized carbons (Fsp3) is 0.250. The Morgan fingerprint density at radius 2 is 1.93 bits per heavy atom. The molecule has 1 aliphatic rings. The van der Waals surface area contributed by atoms with Crippen molar-refractivity contribution in [3.8, 4) is 34.7 Å². The van der Waals surface area contributed by atoms with Crippen molar-refractivity contribution in [1.29, 1.82) is 5.26 Å². The molecule has 0 saturated carbocycles. The van der Waals surface area contributed by atoms with E-state index in [1.54, 1.807) is 18.2 Å². The molecule has 3 aromatic rings. The van der Waals surface area contributed by atoms with E-state index < -0.39 is 5.54 Å². The minimum atomic E-state index is -0.406. The Bertz CT molecular complexity index is 1000. The molecule has 7 nitrogen and oxygen atoms in total. The van der Waals surface area contributed by atoms with Gasteiger partial charge >= 0.3 is 0 Å². The van der Waals surface area contributed by atoms with Gasteiger partial charge in [0.1, 0.15) is 11.8 Å². The third-order valence-corrected chi connectivity index (χ3v) is 4.51. The number of aromatic nitrogens is 2. The molecule has 0 radical (unpaired) electrons. The van der Waals surface area contributed by atoms with Crippen LogP contribution in [0.25, 0.3) is 22.8 Å². The summed E-state index contributed by atoms with van der Waals surface area (Å²) in [7, 11) is 0. The lowest BCUT2D eigenvalue weighted by molar-refractivity contribution is -0.0569. The van der Waals surface area contributed by atoms with Crippen LogP contribution in [0, 0.1) is 11.3 Å². The molecule has 0 atom stereocenters. The topological polar surface area (TPSA) is 107 Å². The van der Waals surface area contributed by atoms with E-state index in [0.29, 0.717) is 48.4 Å². The highest BCUT2D eigenvalue weighted by molar-refractivity contribution is 5.63. The SMILES string of the molecule is CCOc1ccc(-c2nc(-c3ccc(C4(N)COC4)cc3)no2)cc1C#N. The maximum Gasteiger partial charge on any atom is 0.258 e. The molecule has 4 rings (SSSR count). The zero-order valence-corrected chi connectivity index (χ0v) is 14.8. The number of ether oxygens (including phenoxy) is 2. The molecule has 1 fully saturated rings. The summed E-state index contributed by atoms with van der Waals surface area (Å²) in [6.07, 6.45) is 0. The monoisotopic (exact) mass is 362 g/mol. The van der Waals surface area contributed by atoms with Crippen LogP contribution in [0.5, 0.6) is 5.75 Å². The first-order chi connectivity index (χ1) is 13.1. The Morgan fingerprint density at radius 1 is 1.19 bits per heavy atom. The molecule has 1 saturated heterocycles. The Balaban J connectivity index is 1.59. The van der Waals surface area contributed by atoms with Crippen molar-refractivity contribution in [3.05, 3.63) is 53.6 Å². The highest BCUT2D eigenvalue weighted by atomic mass is 16.5. The van der Waals surface area contributed by atoms with E-state index in [-0.39, 0.29) is 0 Å². The van der Waals surface area contributed by atoms with E-state index in [0.717, 1.165) is 11.1 Å². The van der Waals surface area contributed by atoms with E-state index in [4.69, 9.17) is 19.7 Å². The first kappa shape index (κ1) is 17.2. The number of nitrogens with zero attached hydrogens (tertiary/aromatic N) is 3. The van der Waals surface area contributed by atoms with Crippen LogP contribution in [-0.2, 0) is 10.3 Å². The molecule has 2 N–H and O–H groups in total. The van der Waals surface area contributed by atoms with E-state index in [1.807, 2.05) is 31.2 Å². The zero-order valence-electron chi connectivity index (χ0n) is 14.8. The van der Waals surface area contributed by atoms with Crippen molar-refractivity contribution in [2.24, 2.45) is 5.73 Å². The second-order valence-corrected chi connectivity index (χ2v) is 6.41. The Kier molecular flexibility index (Phi) is 4.36. The fourth-order valence-electron chi connectivity index (χ4n) is 2.93. The third-order valence-electron chi connectivity index (χ3n) is 4.51. The summed E-state index contributed by atoms with van der Waals surface area (Å²) >= 11 is 0. The molecular formula is C20H18N4O3. The van der Waals surface area contributed by atoms with Crippen LogP contribution >= 0.6 is 0 Å². The van der Waals surface area contributed by atoms with Crippen molar-refractivity contribution >= 4 is 0 Å². The quantitative estimate of drug-likeness (QED) is 0.743. The van der Waals surface area contributed by atoms with Gasteiger partial charge < -0.3 is 19.7 Å². The van der Waals surface area contributed by atoms with Gasteiger partial charge in [0.25, 0.3) is 5.89 Å². The van der Waals surface area contributed by atoms with E-state index in [2.05, 4.69) is 16.2 Å². The summed E-state index contributed by atoms with van der Waals surface area (Å²) < 4.78 is 16.0. The van der Waals surface area contributed by atoms with Gasteiger partial charge in [-0.3, -0.25) is 0 Å². The van der Waals surface area contributed by atoms with E-state index in [1.165, 1.54) is 0 Å². The lowest BCUT2D eigenvalue weighted by Crippen LogP contribution is -2.54. The lowest BCUT2D eigenvalue weighted by Gasteiger charge is -2.38. The maximum absolute atomic E-state index is 9.30. The lowest BCUT2D eigenvalue weighted by atomic mass is 9.89. The molecule has 1 aliphatic heterocycles. The Hall–Kier alpha value is -3.21. The van der Waals surface area contributed by atoms with Gasteiger partial charge in [0.2, 0.25) is 5.82 Å². The van der Waals surface area contributed by atoms with Gasteiger partial charge in [-0.25, -0.2) is 0 Å². The summed E-state index contributed by atoms with van der Waals surface area (Å²) in [5, 5.41) is 13.3. The van der Waals surface area contributed by atoms with Gasteiger partial charge in [-0.2, -0.15) is 10.2 Å². The molecular weight excluding hydrogens is 344 g/mol. The van der Waals surface area contributed by atoms with Crippen LogP contribution in [0.2, 0.25) is 0 Å². The fourth-order valence-corrected chi connectivity index (χ4v) is 2.93. The van der Waals surface area contributed by atoms with Gasteiger partial charge in [-0.1, -0.05) is 29.4 Å². The predicted octanol–water partition coefficient (Wildman–Crippen LogP) is 2.86. The highest BCUT2D eigenvalue weighted by Gasteiger charge is 2.35. The highest BCUT2D eigenvalue weighted by Crippen LogP contribution is 2.30. The smallest absolute Gasteiger partial charge is 0.258 e. The average Bonchev–Trinajstić information content (AvgIpc) is 3.17. The van der Waals surface area contributed by atoms with Gasteiger partial charge in [-0.15, -0.1) is 0 Å². The molecule has 0 unspecified atom stereocenters. The van der Waals surface area contributed by atoms with Crippen LogP contribution in [0.1, 0.15) is 18.1 Å². The predicted molar refractivity (Wildman–Crippen MR) is 97.7 cm³/mol. The van der Waals surface area contributed by atoms with Crippen LogP contribution in [0.4, 0.5) is 0 Å². The van der Waals surface area contributed by atoms with E-state index in [9.17, 15) is 5.26 Å². The normalized spacial score (nSPS) is 15.0. The standard InChI is InChI=1S/C20H18N4O3/c1-2-26-17-8-5-14(9-15(17)10-21)19-23-18(24-27-19)13-3-6-16(7-4-13)20(22)11-25-12-20/h3-9H,2,11-12,22H2,1H3. The van der Waals surface area contributed by atoms with Crippen molar-refractivity contribution in [1.82, 2.24) is 10.1 Å². The number of benzene rings is 2. The van der Waals surface area contributed by atoms with E-state index >= 15 is 0 Å². The van der Waals surface area contributed by atoms with Crippen molar-refractivity contribution in [2.45, 2.75) is 12.5 Å². The van der Waals surface area contributed by atoms with Crippen LogP contribution in [0.3, 0.4) is 0 Å². The van der Waals surface area contributed by atoms with Gasteiger partial charge in [-0.05, 0) is 30.7 Å². The number of rotatable bonds is 5. The second-order valence-electron chi connectivity index (χ2n) is 6.41. The zero-order chi connectivity index (χ0) is 18.9. The summed E-state index contributed by atoms with van der Waals surface area (Å²) in [6.45, 7) is 3.41. The average molecular weight is 362 g/mol. The molecule has 0 spiro atoms. The van der Waals surface area contributed by atoms with Gasteiger partial charge in [0.05, 0.1) is 30.9 Å². The molecule has 7 heteroatoms. The molecule has 2 heterocycles. The molecule has 2 aromatic carbocycles. The second kappa shape index (κ2) is 6.83. The van der Waals surface area contributed by atoms with Gasteiger partial charge in [0, 0.05) is 11.1 Å². The largest absolute Gasteiger partial charge is 0.492 e.